The topological polar surface area (TPSA) is 18.5 Å². The molecule has 3 heteroatoms. The fourth-order valence-electron chi connectivity index (χ4n) is 2.25. The lowest BCUT2D eigenvalue weighted by Crippen LogP contribution is -2.15. The molecule has 0 atom stereocenters. The third-order valence-electron chi connectivity index (χ3n) is 3.31. The summed E-state index contributed by atoms with van der Waals surface area (Å²) in [5.74, 6) is 1.71. The first-order chi connectivity index (χ1) is 9.22. The van der Waals surface area contributed by atoms with Gasteiger partial charge < -0.3 is 9.47 Å². The van der Waals surface area contributed by atoms with Crippen LogP contribution in [0.2, 0.25) is 0 Å². The first-order valence-corrected chi connectivity index (χ1v) is 7.15. The Hall–Kier alpha value is -1.48. The maximum absolute atomic E-state index is 5.62. The summed E-state index contributed by atoms with van der Waals surface area (Å²) < 4.78 is 12.3. The highest BCUT2D eigenvalue weighted by molar-refractivity contribution is 9.10. The van der Waals surface area contributed by atoms with Crippen LogP contribution < -0.4 is 9.47 Å². The molecule has 2 nitrogen and oxygen atoms in total. The minimum Gasteiger partial charge on any atom is -0.486 e. The SMILES string of the molecule is Cc1ccc(Br)cc1Cc1ccc2c(c1)OCCO2. The second-order valence-electron chi connectivity index (χ2n) is 4.73. The van der Waals surface area contributed by atoms with Gasteiger partial charge in [-0.15, -0.1) is 0 Å². The summed E-state index contributed by atoms with van der Waals surface area (Å²) in [7, 11) is 0. The summed E-state index contributed by atoms with van der Waals surface area (Å²) in [6.07, 6.45) is 0.905. The van der Waals surface area contributed by atoms with Gasteiger partial charge in [0, 0.05) is 4.47 Å². The van der Waals surface area contributed by atoms with Gasteiger partial charge in [-0.2, -0.15) is 0 Å². The first-order valence-electron chi connectivity index (χ1n) is 6.36. The molecule has 0 spiro atoms. The molecule has 0 aromatic heterocycles. The summed E-state index contributed by atoms with van der Waals surface area (Å²) in [5.41, 5.74) is 3.87. The smallest absolute Gasteiger partial charge is 0.161 e. The van der Waals surface area contributed by atoms with Crippen molar-refractivity contribution in [2.24, 2.45) is 0 Å². The van der Waals surface area contributed by atoms with Crippen LogP contribution in [-0.4, -0.2) is 13.2 Å². The molecule has 0 saturated heterocycles. The van der Waals surface area contributed by atoms with E-state index in [0.29, 0.717) is 13.2 Å². The Bertz CT molecular complexity index is 608. The van der Waals surface area contributed by atoms with Crippen molar-refractivity contribution in [2.75, 3.05) is 13.2 Å². The Morgan fingerprint density at radius 2 is 1.79 bits per heavy atom. The minimum atomic E-state index is 0.631. The maximum atomic E-state index is 5.62. The van der Waals surface area contributed by atoms with Gasteiger partial charge in [0.15, 0.2) is 11.5 Å². The predicted molar refractivity (Wildman–Crippen MR) is 79.1 cm³/mol. The quantitative estimate of drug-likeness (QED) is 0.829. The molecule has 0 bridgehead atoms. The molecule has 19 heavy (non-hydrogen) atoms. The van der Waals surface area contributed by atoms with E-state index in [-0.39, 0.29) is 0 Å². The van der Waals surface area contributed by atoms with Crippen LogP contribution in [0.25, 0.3) is 0 Å². The molecular formula is C16H15BrO2. The van der Waals surface area contributed by atoms with Gasteiger partial charge in [-0.25, -0.2) is 0 Å². The fourth-order valence-corrected chi connectivity index (χ4v) is 2.66. The number of halogens is 1. The standard InChI is InChI=1S/C16H15BrO2/c1-11-2-4-14(17)10-13(11)8-12-3-5-15-16(9-12)19-7-6-18-15/h2-5,9-10H,6-8H2,1H3. The van der Waals surface area contributed by atoms with Crippen LogP contribution in [-0.2, 0) is 6.42 Å². The average molecular weight is 319 g/mol. The van der Waals surface area contributed by atoms with E-state index in [4.69, 9.17) is 9.47 Å². The molecule has 3 rings (SSSR count). The van der Waals surface area contributed by atoms with Gasteiger partial charge >= 0.3 is 0 Å². The molecule has 1 aliphatic heterocycles. The van der Waals surface area contributed by atoms with Gasteiger partial charge in [-0.1, -0.05) is 28.1 Å². The van der Waals surface area contributed by atoms with E-state index in [1.165, 1.54) is 16.7 Å². The van der Waals surface area contributed by atoms with Crippen molar-refractivity contribution in [1.82, 2.24) is 0 Å². The van der Waals surface area contributed by atoms with Crippen LogP contribution in [0.5, 0.6) is 11.5 Å². The second kappa shape index (κ2) is 5.25. The van der Waals surface area contributed by atoms with Crippen molar-refractivity contribution in [1.29, 1.82) is 0 Å². The number of aryl methyl sites for hydroxylation is 1. The third kappa shape index (κ3) is 2.76. The molecule has 0 saturated carbocycles. The molecule has 0 N–H and O–H groups in total. The molecule has 0 amide bonds. The van der Waals surface area contributed by atoms with E-state index in [1.54, 1.807) is 0 Å². The van der Waals surface area contributed by atoms with Gasteiger partial charge in [-0.3, -0.25) is 0 Å². The molecule has 98 valence electrons. The Balaban J connectivity index is 1.89. The number of hydrogen-bond acceptors (Lipinski definition) is 2. The number of rotatable bonds is 2. The van der Waals surface area contributed by atoms with Crippen LogP contribution in [0.4, 0.5) is 0 Å². The number of hydrogen-bond donors (Lipinski definition) is 0. The minimum absolute atomic E-state index is 0.631. The molecule has 2 aromatic rings. The van der Waals surface area contributed by atoms with Crippen molar-refractivity contribution in [2.45, 2.75) is 13.3 Å². The van der Waals surface area contributed by atoms with Crippen LogP contribution >= 0.6 is 15.9 Å². The van der Waals surface area contributed by atoms with E-state index in [2.05, 4.69) is 53.2 Å². The van der Waals surface area contributed by atoms with E-state index in [0.717, 1.165) is 22.4 Å². The number of fused-ring (bicyclic) bond motifs is 1. The van der Waals surface area contributed by atoms with Crippen molar-refractivity contribution in [3.63, 3.8) is 0 Å². The fraction of sp³-hybridized carbons (Fsp3) is 0.250. The van der Waals surface area contributed by atoms with E-state index in [9.17, 15) is 0 Å². The second-order valence-corrected chi connectivity index (χ2v) is 5.64. The van der Waals surface area contributed by atoms with E-state index >= 15 is 0 Å². The van der Waals surface area contributed by atoms with Gasteiger partial charge in [0.1, 0.15) is 13.2 Å². The molecule has 0 aliphatic carbocycles. The highest BCUT2D eigenvalue weighted by Gasteiger charge is 2.12. The summed E-state index contributed by atoms with van der Waals surface area (Å²) in [6, 6.07) is 12.6. The first kappa shape index (κ1) is 12.5. The van der Waals surface area contributed by atoms with Crippen LogP contribution in [0.3, 0.4) is 0 Å². The third-order valence-corrected chi connectivity index (χ3v) is 3.81. The van der Waals surface area contributed by atoms with E-state index in [1.807, 2.05) is 6.07 Å². The van der Waals surface area contributed by atoms with Gasteiger partial charge in [0.05, 0.1) is 0 Å². The van der Waals surface area contributed by atoms with Crippen molar-refractivity contribution in [3.05, 3.63) is 57.6 Å². The van der Waals surface area contributed by atoms with Crippen LogP contribution in [0.15, 0.2) is 40.9 Å². The Morgan fingerprint density at radius 1 is 1.00 bits per heavy atom. The molecular weight excluding hydrogens is 304 g/mol. The molecule has 1 aliphatic rings. The van der Waals surface area contributed by atoms with Crippen LogP contribution in [0, 0.1) is 6.92 Å². The van der Waals surface area contributed by atoms with Crippen molar-refractivity contribution in [3.8, 4) is 11.5 Å². The lowest BCUT2D eigenvalue weighted by atomic mass is 10.0. The highest BCUT2D eigenvalue weighted by Crippen LogP contribution is 2.31. The molecule has 0 unspecified atom stereocenters. The lowest BCUT2D eigenvalue weighted by molar-refractivity contribution is 0.171. The van der Waals surface area contributed by atoms with Gasteiger partial charge in [0.25, 0.3) is 0 Å². The summed E-state index contributed by atoms with van der Waals surface area (Å²) in [6.45, 7) is 3.41. The number of ether oxygens (including phenoxy) is 2. The monoisotopic (exact) mass is 318 g/mol. The average Bonchev–Trinajstić information content (AvgIpc) is 2.43. The van der Waals surface area contributed by atoms with Crippen molar-refractivity contribution < 1.29 is 9.47 Å². The van der Waals surface area contributed by atoms with Gasteiger partial charge in [-0.05, 0) is 54.3 Å². The molecule has 0 radical (unpaired) electrons. The Morgan fingerprint density at radius 3 is 2.63 bits per heavy atom. The predicted octanol–water partition coefficient (Wildman–Crippen LogP) is 4.12. The summed E-state index contributed by atoms with van der Waals surface area (Å²) >= 11 is 3.53. The zero-order valence-electron chi connectivity index (χ0n) is 10.8. The zero-order valence-corrected chi connectivity index (χ0v) is 12.4. The molecule has 0 fully saturated rings. The largest absolute Gasteiger partial charge is 0.486 e. The lowest BCUT2D eigenvalue weighted by Gasteiger charge is -2.19. The Labute approximate surface area is 121 Å². The Kier molecular flexibility index (Phi) is 3.47. The molecule has 2 aromatic carbocycles. The molecule has 1 heterocycles. The number of benzene rings is 2. The van der Waals surface area contributed by atoms with E-state index < -0.39 is 0 Å². The highest BCUT2D eigenvalue weighted by atomic mass is 79.9. The summed E-state index contributed by atoms with van der Waals surface area (Å²) in [5, 5.41) is 0. The van der Waals surface area contributed by atoms with Crippen LogP contribution in [0.1, 0.15) is 16.7 Å². The maximum Gasteiger partial charge on any atom is 0.161 e. The van der Waals surface area contributed by atoms with Crippen molar-refractivity contribution >= 4 is 15.9 Å². The van der Waals surface area contributed by atoms with Gasteiger partial charge in [0.2, 0.25) is 0 Å². The summed E-state index contributed by atoms with van der Waals surface area (Å²) in [4.78, 5) is 0. The zero-order chi connectivity index (χ0) is 13.2. The normalized spacial score (nSPS) is 13.4.